The molecule has 2 heterocycles. The zero-order valence-corrected chi connectivity index (χ0v) is 26.6. The summed E-state index contributed by atoms with van der Waals surface area (Å²) in [6, 6.07) is 0. The highest BCUT2D eigenvalue weighted by atomic mass is 127. The summed E-state index contributed by atoms with van der Waals surface area (Å²) in [5.74, 6) is -0.624. The Hall–Kier alpha value is 0.560. The van der Waals surface area contributed by atoms with Crippen molar-refractivity contribution in [1.82, 2.24) is 9.80 Å². The molecule has 0 radical (unpaired) electrons. The van der Waals surface area contributed by atoms with E-state index in [4.69, 9.17) is 4.74 Å². The Labute approximate surface area is 240 Å². The second-order valence-electron chi connectivity index (χ2n) is 10.4. The van der Waals surface area contributed by atoms with Crippen molar-refractivity contribution in [3.8, 4) is 0 Å². The molecule has 2 aliphatic carbocycles. The average Bonchev–Trinajstić information content (AvgIpc) is 3.50. The number of fused-ring (bicyclic) bond motifs is 2. The molecule has 4 fully saturated rings. The Bertz CT molecular complexity index is 723. The number of rotatable bonds is 12. The van der Waals surface area contributed by atoms with E-state index >= 15 is 0 Å². The third-order valence-corrected chi connectivity index (χ3v) is 10.6. The SMILES string of the molecule is O=C1C2C(CCP)CC(CCI)C2C(=O)N1COCN1C(=O)C2C(CCP)CC(CCI)C2C1=O. The molecular weight excluding hydrogens is 712 g/mol. The van der Waals surface area contributed by atoms with Crippen LogP contribution in [0.3, 0.4) is 0 Å². The Balaban J connectivity index is 1.40. The maximum atomic E-state index is 13.2. The first-order valence-electron chi connectivity index (χ1n) is 12.7. The van der Waals surface area contributed by atoms with Crippen molar-refractivity contribution < 1.29 is 23.9 Å². The molecule has 0 N–H and O–H groups in total. The summed E-state index contributed by atoms with van der Waals surface area (Å²) in [4.78, 5) is 55.5. The van der Waals surface area contributed by atoms with Crippen molar-refractivity contribution in [2.24, 2.45) is 47.3 Å². The molecule has 0 spiro atoms. The van der Waals surface area contributed by atoms with Gasteiger partial charge in [0, 0.05) is 0 Å². The molecule has 0 bridgehead atoms. The van der Waals surface area contributed by atoms with Crippen LogP contribution in [0.15, 0.2) is 0 Å². The Morgan fingerprint density at radius 1 is 0.629 bits per heavy atom. The average molecular weight is 748 g/mol. The lowest BCUT2D eigenvalue weighted by Gasteiger charge is -2.23. The molecule has 4 rings (SSSR count). The van der Waals surface area contributed by atoms with Crippen LogP contribution in [-0.4, -0.2) is 68.1 Å². The summed E-state index contributed by atoms with van der Waals surface area (Å²) in [5.41, 5.74) is 0. The molecule has 0 aromatic heterocycles. The van der Waals surface area contributed by atoms with Gasteiger partial charge in [0.2, 0.25) is 23.6 Å². The summed E-state index contributed by atoms with van der Waals surface area (Å²) < 4.78 is 7.69. The number of carbonyl (C=O) groups excluding carboxylic acids is 4. The van der Waals surface area contributed by atoms with Gasteiger partial charge in [-0.1, -0.05) is 45.2 Å². The second-order valence-corrected chi connectivity index (χ2v) is 13.7. The van der Waals surface area contributed by atoms with Gasteiger partial charge in [-0.15, -0.1) is 18.5 Å². The van der Waals surface area contributed by atoms with Crippen LogP contribution in [0.5, 0.6) is 0 Å². The quantitative estimate of drug-likeness (QED) is 0.132. The first-order valence-corrected chi connectivity index (χ1v) is 17.4. The van der Waals surface area contributed by atoms with E-state index in [0.717, 1.165) is 59.7 Å². The normalized spacial score (nSPS) is 36.6. The highest BCUT2D eigenvalue weighted by Crippen LogP contribution is 2.51. The Morgan fingerprint density at radius 2 is 0.943 bits per heavy atom. The van der Waals surface area contributed by atoms with Gasteiger partial charge < -0.3 is 4.74 Å². The number of ether oxygens (including phenoxy) is 1. The molecule has 11 heteroatoms. The molecule has 0 aromatic carbocycles. The van der Waals surface area contributed by atoms with Crippen LogP contribution in [0.2, 0.25) is 0 Å². The number of imide groups is 2. The standard InChI is InChI=1S/C24H36I2N2O5P2/c25-5-1-13-9-15(3-7-34)19-17(13)21(29)27(23(19)31)11-33-12-28-22(30)18-14(2-6-26)10-16(4-8-35)20(18)24(28)32/h13-20H,1-12,34-35H2. The molecule has 2 saturated carbocycles. The zero-order chi connectivity index (χ0) is 25.3. The van der Waals surface area contributed by atoms with Gasteiger partial charge in [0.1, 0.15) is 13.5 Å². The number of hydrogen-bond donors (Lipinski definition) is 0. The van der Waals surface area contributed by atoms with E-state index in [-0.39, 0.29) is 84.4 Å². The number of nitrogens with zero attached hydrogens (tertiary/aromatic N) is 2. The van der Waals surface area contributed by atoms with Crippen LogP contribution in [0.4, 0.5) is 0 Å². The predicted octanol–water partition coefficient (Wildman–Crippen LogP) is 3.57. The summed E-state index contributed by atoms with van der Waals surface area (Å²) >= 11 is 4.68. The van der Waals surface area contributed by atoms with Gasteiger partial charge in [-0.25, -0.2) is 0 Å². The minimum atomic E-state index is -0.254. The molecule has 4 aliphatic rings. The molecule has 7 nitrogen and oxygen atoms in total. The van der Waals surface area contributed by atoms with Crippen molar-refractivity contribution in [2.75, 3.05) is 34.6 Å². The maximum absolute atomic E-state index is 13.2. The van der Waals surface area contributed by atoms with Gasteiger partial charge in [-0.3, -0.25) is 29.0 Å². The highest BCUT2D eigenvalue weighted by Gasteiger charge is 2.59. The van der Waals surface area contributed by atoms with Crippen molar-refractivity contribution in [3.05, 3.63) is 0 Å². The number of halogens is 2. The number of amides is 4. The fourth-order valence-electron chi connectivity index (χ4n) is 7.27. The summed E-state index contributed by atoms with van der Waals surface area (Å²) in [6.45, 7) is -0.373. The second kappa shape index (κ2) is 12.6. The highest BCUT2D eigenvalue weighted by molar-refractivity contribution is 14.1. The van der Waals surface area contributed by atoms with Crippen molar-refractivity contribution >= 4 is 87.3 Å². The van der Waals surface area contributed by atoms with Gasteiger partial charge in [0.15, 0.2) is 0 Å². The predicted molar refractivity (Wildman–Crippen MR) is 157 cm³/mol. The van der Waals surface area contributed by atoms with E-state index in [1.165, 1.54) is 9.80 Å². The minimum absolute atomic E-state index is 0.139. The molecule has 2 aliphatic heterocycles. The van der Waals surface area contributed by atoms with Gasteiger partial charge in [0.25, 0.3) is 0 Å². The Kier molecular flexibility index (Phi) is 10.3. The Morgan fingerprint density at radius 3 is 1.23 bits per heavy atom. The molecule has 0 aromatic rings. The molecule has 10 unspecified atom stereocenters. The van der Waals surface area contributed by atoms with E-state index in [2.05, 4.69) is 63.7 Å². The lowest BCUT2D eigenvalue weighted by molar-refractivity contribution is -0.154. The molecule has 35 heavy (non-hydrogen) atoms. The topological polar surface area (TPSA) is 84.0 Å². The third kappa shape index (κ3) is 5.38. The number of alkyl halides is 2. The van der Waals surface area contributed by atoms with Gasteiger partial charge in [-0.2, -0.15) is 0 Å². The van der Waals surface area contributed by atoms with E-state index < -0.39 is 0 Å². The largest absolute Gasteiger partial charge is 0.340 e. The number of carbonyl (C=O) groups is 4. The van der Waals surface area contributed by atoms with Crippen LogP contribution in [0.1, 0.15) is 38.5 Å². The smallest absolute Gasteiger partial charge is 0.235 e. The lowest BCUT2D eigenvalue weighted by atomic mass is 9.87. The monoisotopic (exact) mass is 748 g/mol. The molecule has 4 amide bonds. The molecular formula is C24H36I2N2O5P2. The van der Waals surface area contributed by atoms with Crippen LogP contribution < -0.4 is 0 Å². The van der Waals surface area contributed by atoms with E-state index in [9.17, 15) is 19.2 Å². The molecule has 10 atom stereocenters. The van der Waals surface area contributed by atoms with Gasteiger partial charge in [0.05, 0.1) is 23.7 Å². The van der Waals surface area contributed by atoms with Gasteiger partial charge >= 0.3 is 0 Å². The van der Waals surface area contributed by atoms with E-state index in [0.29, 0.717) is 0 Å². The lowest BCUT2D eigenvalue weighted by Crippen LogP contribution is -2.40. The summed E-state index contributed by atoms with van der Waals surface area (Å²) in [7, 11) is 5.47. The number of hydrogen-bond acceptors (Lipinski definition) is 5. The zero-order valence-electron chi connectivity index (χ0n) is 20.0. The van der Waals surface area contributed by atoms with Crippen LogP contribution in [0.25, 0.3) is 0 Å². The van der Waals surface area contributed by atoms with Crippen molar-refractivity contribution in [1.29, 1.82) is 0 Å². The minimum Gasteiger partial charge on any atom is -0.340 e. The molecule has 196 valence electrons. The van der Waals surface area contributed by atoms with Gasteiger partial charge in [-0.05, 0) is 83.4 Å². The molecule has 2 saturated heterocycles. The van der Waals surface area contributed by atoms with Crippen LogP contribution in [0, 0.1) is 47.3 Å². The maximum Gasteiger partial charge on any atom is 0.235 e. The van der Waals surface area contributed by atoms with Crippen molar-refractivity contribution in [3.63, 3.8) is 0 Å². The summed E-state index contributed by atoms with van der Waals surface area (Å²) in [5, 5.41) is 0. The first kappa shape index (κ1) is 28.6. The van der Waals surface area contributed by atoms with Crippen molar-refractivity contribution in [2.45, 2.75) is 38.5 Å². The fraction of sp³-hybridized carbons (Fsp3) is 0.833. The number of likely N-dealkylation sites (tertiary alicyclic amines) is 2. The fourth-order valence-corrected chi connectivity index (χ4v) is 9.73. The van der Waals surface area contributed by atoms with E-state index in [1.807, 2.05) is 0 Å². The van der Waals surface area contributed by atoms with Crippen LogP contribution >= 0.6 is 63.7 Å². The van der Waals surface area contributed by atoms with E-state index in [1.54, 1.807) is 0 Å². The third-order valence-electron chi connectivity index (χ3n) is 8.70. The summed E-state index contributed by atoms with van der Waals surface area (Å²) in [6.07, 6.45) is 7.44. The van der Waals surface area contributed by atoms with Crippen LogP contribution in [-0.2, 0) is 23.9 Å². The first-order chi connectivity index (χ1) is 16.9.